The molecule has 2 aliphatic rings. The van der Waals surface area contributed by atoms with E-state index in [1.807, 2.05) is 13.8 Å². The van der Waals surface area contributed by atoms with Crippen LogP contribution in [0.2, 0.25) is 0 Å². The number of carbonyl (C=O) groups is 3. The van der Waals surface area contributed by atoms with Gasteiger partial charge in [-0.05, 0) is 49.3 Å². The predicted octanol–water partition coefficient (Wildman–Crippen LogP) is 5.50. The second-order valence-electron chi connectivity index (χ2n) is 11.6. The number of nitrogens with one attached hydrogen (secondary N) is 2. The van der Waals surface area contributed by atoms with Crippen LogP contribution >= 0.6 is 0 Å². The number of ketones is 1. The first-order chi connectivity index (χ1) is 19.7. The molecule has 0 radical (unpaired) electrons. The number of hydrogen-bond acceptors (Lipinski definition) is 4. The molecule has 222 valence electrons. The van der Waals surface area contributed by atoms with Gasteiger partial charge in [0.25, 0.3) is 5.91 Å². The van der Waals surface area contributed by atoms with Crippen LogP contribution in [0.25, 0.3) is 0 Å². The Morgan fingerprint density at radius 3 is 2.44 bits per heavy atom. The lowest BCUT2D eigenvalue weighted by molar-refractivity contribution is -0.131. The summed E-state index contributed by atoms with van der Waals surface area (Å²) in [5.41, 5.74) is 0.543. The fourth-order valence-corrected chi connectivity index (χ4v) is 6.05. The van der Waals surface area contributed by atoms with E-state index in [4.69, 9.17) is 0 Å². The summed E-state index contributed by atoms with van der Waals surface area (Å²) in [5.74, 6) is -3.25. The van der Waals surface area contributed by atoms with Crippen LogP contribution in [0, 0.1) is 29.3 Å². The van der Waals surface area contributed by atoms with Gasteiger partial charge in [0, 0.05) is 43.1 Å². The molecule has 2 aromatic carbocycles. The van der Waals surface area contributed by atoms with Gasteiger partial charge in [-0.15, -0.1) is 0 Å². The summed E-state index contributed by atoms with van der Waals surface area (Å²) in [6.45, 7) is 4.48. The van der Waals surface area contributed by atoms with E-state index in [0.717, 1.165) is 38.2 Å². The molecule has 2 unspecified atom stereocenters. The van der Waals surface area contributed by atoms with Gasteiger partial charge in [-0.1, -0.05) is 51.3 Å². The molecule has 2 aromatic rings. The summed E-state index contributed by atoms with van der Waals surface area (Å²) >= 11 is 0. The highest BCUT2D eigenvalue weighted by molar-refractivity contribution is 5.98. The third-order valence-corrected chi connectivity index (χ3v) is 8.38. The molecule has 2 fully saturated rings. The Morgan fingerprint density at radius 2 is 1.73 bits per heavy atom. The maximum Gasteiger partial charge on any atom is 0.254 e. The number of hydrogen-bond donors (Lipinski definition) is 2. The summed E-state index contributed by atoms with van der Waals surface area (Å²) in [6.07, 6.45) is 6.22. The molecule has 1 saturated heterocycles. The normalized spacial score (nSPS) is 18.8. The molecule has 1 heterocycles. The van der Waals surface area contributed by atoms with E-state index in [2.05, 4.69) is 10.6 Å². The Bertz CT molecular complexity index is 1250. The first-order valence-corrected chi connectivity index (χ1v) is 14.7. The van der Waals surface area contributed by atoms with Crippen LogP contribution in [0.3, 0.4) is 0 Å². The number of likely N-dealkylation sites (tertiary alicyclic amines) is 1. The summed E-state index contributed by atoms with van der Waals surface area (Å²) in [7, 11) is 0. The zero-order valence-corrected chi connectivity index (χ0v) is 23.9. The van der Waals surface area contributed by atoms with Crippen molar-refractivity contribution >= 4 is 17.6 Å². The van der Waals surface area contributed by atoms with Crippen LogP contribution in [-0.4, -0.2) is 48.2 Å². The van der Waals surface area contributed by atoms with Gasteiger partial charge < -0.3 is 15.5 Å². The topological polar surface area (TPSA) is 78.5 Å². The highest BCUT2D eigenvalue weighted by atomic mass is 19.1. The molecule has 2 amide bonds. The second kappa shape index (κ2) is 14.1. The summed E-state index contributed by atoms with van der Waals surface area (Å²) < 4.78 is 42.8. The molecule has 2 N–H and O–H groups in total. The highest BCUT2D eigenvalue weighted by Gasteiger charge is 2.34. The van der Waals surface area contributed by atoms with Crippen LogP contribution in [0.15, 0.2) is 36.4 Å². The molecule has 9 heteroatoms. The Labute approximate surface area is 240 Å². The van der Waals surface area contributed by atoms with E-state index in [9.17, 15) is 23.2 Å². The Balaban J connectivity index is 1.40. The maximum absolute atomic E-state index is 15.8. The average Bonchev–Trinajstić information content (AvgIpc) is 2.97. The van der Waals surface area contributed by atoms with Gasteiger partial charge in [0.15, 0.2) is 5.78 Å². The summed E-state index contributed by atoms with van der Waals surface area (Å²) in [4.78, 5) is 40.8. The summed E-state index contributed by atoms with van der Waals surface area (Å²) in [6, 6.07) is 7.40. The van der Waals surface area contributed by atoms with Crippen molar-refractivity contribution in [3.63, 3.8) is 0 Å². The third kappa shape index (κ3) is 7.76. The quantitative estimate of drug-likeness (QED) is 0.395. The van der Waals surface area contributed by atoms with Crippen LogP contribution < -0.4 is 10.6 Å². The maximum atomic E-state index is 15.8. The van der Waals surface area contributed by atoms with Gasteiger partial charge in [-0.25, -0.2) is 13.2 Å². The lowest BCUT2D eigenvalue weighted by atomic mass is 9.80. The van der Waals surface area contributed by atoms with Gasteiger partial charge in [0.1, 0.15) is 17.5 Å². The van der Waals surface area contributed by atoms with Crippen molar-refractivity contribution in [2.24, 2.45) is 11.8 Å². The number of Topliss-reactive ketones (excluding diaryl/α,β-unsaturated/α-hetero) is 1. The molecule has 6 nitrogen and oxygen atoms in total. The van der Waals surface area contributed by atoms with Gasteiger partial charge in [0.2, 0.25) is 5.91 Å². The Hall–Kier alpha value is -3.20. The van der Waals surface area contributed by atoms with Crippen molar-refractivity contribution in [2.75, 3.05) is 19.6 Å². The van der Waals surface area contributed by atoms with Crippen molar-refractivity contribution < 1.29 is 27.6 Å². The van der Waals surface area contributed by atoms with Crippen molar-refractivity contribution in [3.05, 3.63) is 70.5 Å². The largest absolute Gasteiger partial charge is 0.342 e. The molecule has 4 rings (SSSR count). The highest BCUT2D eigenvalue weighted by Crippen LogP contribution is 2.31. The fourth-order valence-electron chi connectivity index (χ4n) is 6.05. The third-order valence-electron chi connectivity index (χ3n) is 8.38. The lowest BCUT2D eigenvalue weighted by Crippen LogP contribution is -2.48. The van der Waals surface area contributed by atoms with Crippen LogP contribution in [0.1, 0.15) is 86.2 Å². The zero-order chi connectivity index (χ0) is 29.5. The summed E-state index contributed by atoms with van der Waals surface area (Å²) in [5, 5.41) is 5.78. The molecule has 1 aliphatic heterocycles. The number of carbonyl (C=O) groups excluding carboxylic acids is 3. The minimum atomic E-state index is -0.680. The molecule has 1 aliphatic carbocycles. The molecule has 1 saturated carbocycles. The van der Waals surface area contributed by atoms with Gasteiger partial charge in [-0.2, -0.15) is 0 Å². The Morgan fingerprint density at radius 1 is 0.976 bits per heavy atom. The van der Waals surface area contributed by atoms with E-state index in [0.29, 0.717) is 31.5 Å². The van der Waals surface area contributed by atoms with Crippen LogP contribution in [0.5, 0.6) is 0 Å². The van der Waals surface area contributed by atoms with Gasteiger partial charge >= 0.3 is 0 Å². The van der Waals surface area contributed by atoms with E-state index in [-0.39, 0.29) is 53.7 Å². The van der Waals surface area contributed by atoms with Crippen molar-refractivity contribution in [2.45, 2.75) is 77.3 Å². The average molecular weight is 572 g/mol. The molecule has 41 heavy (non-hydrogen) atoms. The van der Waals surface area contributed by atoms with Crippen LogP contribution in [0.4, 0.5) is 13.2 Å². The monoisotopic (exact) mass is 571 g/mol. The fraction of sp³-hybridized carbons (Fsp3) is 0.531. The van der Waals surface area contributed by atoms with Crippen molar-refractivity contribution in [3.8, 4) is 0 Å². The van der Waals surface area contributed by atoms with E-state index >= 15 is 4.39 Å². The number of halogens is 3. The standard InChI is InChI=1S/C32H40F3N3O3/c1-20(2)31(40)30(21-8-4-3-5-9-21)37-32(41)26-12-6-11-25(29(26)35)23-10-7-15-38(19-23)28(39)18-36-17-22-13-14-24(33)16-27(22)34/h6,11-14,16,20-21,23,30,36H,3-5,7-10,15,17-19H2,1-2H3,(H,37,41). The molecule has 0 aromatic heterocycles. The molecule has 0 bridgehead atoms. The van der Waals surface area contributed by atoms with E-state index in [1.54, 1.807) is 17.0 Å². The molecule has 0 spiro atoms. The first kappa shape index (κ1) is 30.8. The molecular formula is C32H40F3N3O3. The number of amides is 2. The predicted molar refractivity (Wildman–Crippen MR) is 151 cm³/mol. The number of piperidine rings is 1. The molecular weight excluding hydrogens is 531 g/mol. The number of benzene rings is 2. The van der Waals surface area contributed by atoms with E-state index < -0.39 is 29.4 Å². The number of nitrogens with zero attached hydrogens (tertiary/aromatic N) is 1. The van der Waals surface area contributed by atoms with E-state index in [1.165, 1.54) is 18.2 Å². The minimum Gasteiger partial charge on any atom is -0.342 e. The van der Waals surface area contributed by atoms with Crippen molar-refractivity contribution in [1.29, 1.82) is 0 Å². The van der Waals surface area contributed by atoms with Crippen molar-refractivity contribution in [1.82, 2.24) is 15.5 Å². The lowest BCUT2D eigenvalue weighted by Gasteiger charge is -2.33. The van der Waals surface area contributed by atoms with Gasteiger partial charge in [0.05, 0.1) is 18.2 Å². The van der Waals surface area contributed by atoms with Crippen LogP contribution in [-0.2, 0) is 16.1 Å². The second-order valence-corrected chi connectivity index (χ2v) is 11.6. The zero-order valence-electron chi connectivity index (χ0n) is 23.9. The SMILES string of the molecule is CC(C)C(=O)C(NC(=O)c1cccc(C2CCCN(C(=O)CNCc3ccc(F)cc3F)C2)c1F)C1CCCCC1. The minimum absolute atomic E-state index is 0.0287. The number of rotatable bonds is 10. The Kier molecular flexibility index (Phi) is 10.6. The first-order valence-electron chi connectivity index (χ1n) is 14.7. The molecule has 2 atom stereocenters. The van der Waals surface area contributed by atoms with Gasteiger partial charge in [-0.3, -0.25) is 14.4 Å². The smallest absolute Gasteiger partial charge is 0.254 e.